The zero-order valence-corrected chi connectivity index (χ0v) is 28.0. The van der Waals surface area contributed by atoms with E-state index in [4.69, 9.17) is 0 Å². The molecule has 6 heteroatoms. The fourth-order valence-electron chi connectivity index (χ4n) is 4.87. The maximum atomic E-state index is 10.9. The van der Waals surface area contributed by atoms with Gasteiger partial charge in [-0.2, -0.15) is 0 Å². The second-order valence-electron chi connectivity index (χ2n) is 10.9. The summed E-state index contributed by atoms with van der Waals surface area (Å²) in [4.78, 5) is 0. The second kappa shape index (κ2) is 31.1. The first-order valence-corrected chi connectivity index (χ1v) is 17.1. The molecule has 0 saturated heterocycles. The van der Waals surface area contributed by atoms with E-state index in [0.717, 1.165) is 25.7 Å². The fraction of sp³-hybridized carbons (Fsp3) is 0.935. The SMILES string of the molecule is CCCCCCCCCCCCCCCCCC/C=C/C(CCCCCCCCC)COS(=O)(=O)[O-].[Na+]. The van der Waals surface area contributed by atoms with Gasteiger partial charge in [0.25, 0.3) is 0 Å². The van der Waals surface area contributed by atoms with Crippen LogP contribution in [0.1, 0.15) is 174 Å². The summed E-state index contributed by atoms with van der Waals surface area (Å²) in [6.07, 6.45) is 36.7. The van der Waals surface area contributed by atoms with Gasteiger partial charge in [-0.05, 0) is 19.3 Å². The van der Waals surface area contributed by atoms with Gasteiger partial charge in [0.2, 0.25) is 10.4 Å². The standard InChI is InChI=1S/C31H62O4S.Na/c1-3-5-7-9-11-12-13-14-15-16-17-18-19-20-21-23-25-27-29-31(30-35-36(32,33)34)28-26-24-22-10-8-6-4-2;/h27,29,31H,3-26,28,30H2,1-2H3,(H,32,33,34);/q;+1/p-1/b29-27+;. The van der Waals surface area contributed by atoms with Gasteiger partial charge in [0.1, 0.15) is 0 Å². The molecule has 0 radical (unpaired) electrons. The predicted molar refractivity (Wildman–Crippen MR) is 155 cm³/mol. The van der Waals surface area contributed by atoms with Crippen LogP contribution in [-0.2, 0) is 14.6 Å². The van der Waals surface area contributed by atoms with Crippen molar-refractivity contribution >= 4 is 10.4 Å². The van der Waals surface area contributed by atoms with Crippen LogP contribution in [0.5, 0.6) is 0 Å². The summed E-state index contributed by atoms with van der Waals surface area (Å²) in [6.45, 7) is 4.49. The molecule has 0 saturated carbocycles. The number of unbranched alkanes of at least 4 members (excludes halogenated alkanes) is 22. The van der Waals surface area contributed by atoms with Crippen LogP contribution in [0.2, 0.25) is 0 Å². The van der Waals surface area contributed by atoms with Crippen LogP contribution in [0.4, 0.5) is 0 Å². The normalized spacial score (nSPS) is 12.7. The summed E-state index contributed by atoms with van der Waals surface area (Å²) in [6, 6.07) is 0. The van der Waals surface area contributed by atoms with Gasteiger partial charge in [-0.25, -0.2) is 8.42 Å². The molecule has 0 aromatic rings. The van der Waals surface area contributed by atoms with Gasteiger partial charge in [0.05, 0.1) is 6.61 Å². The molecule has 0 spiro atoms. The van der Waals surface area contributed by atoms with Gasteiger partial charge in [0.15, 0.2) is 0 Å². The van der Waals surface area contributed by atoms with Crippen molar-refractivity contribution < 1.29 is 46.7 Å². The van der Waals surface area contributed by atoms with E-state index in [1.54, 1.807) is 0 Å². The Kier molecular flexibility index (Phi) is 33.5. The molecule has 0 aliphatic rings. The second-order valence-corrected chi connectivity index (χ2v) is 11.9. The summed E-state index contributed by atoms with van der Waals surface area (Å²) in [5.41, 5.74) is 0. The summed E-state index contributed by atoms with van der Waals surface area (Å²) in [5.74, 6) is 0.0189. The van der Waals surface area contributed by atoms with Crippen LogP contribution < -0.4 is 29.6 Å². The smallest absolute Gasteiger partial charge is 0.726 e. The van der Waals surface area contributed by atoms with Crippen molar-refractivity contribution in [2.24, 2.45) is 5.92 Å². The van der Waals surface area contributed by atoms with Crippen molar-refractivity contribution in [3.05, 3.63) is 12.2 Å². The molecule has 0 heterocycles. The average molecular weight is 553 g/mol. The molecule has 1 atom stereocenters. The summed E-state index contributed by atoms with van der Waals surface area (Å²) < 4.78 is 37.1. The molecular formula is C31H61NaO4S. The fourth-order valence-corrected chi connectivity index (χ4v) is 5.21. The molecule has 0 amide bonds. The first-order chi connectivity index (χ1) is 17.5. The Labute approximate surface area is 254 Å². The third kappa shape index (κ3) is 34.6. The molecule has 0 N–H and O–H groups in total. The number of rotatable bonds is 29. The number of allylic oxidation sites excluding steroid dienone is 1. The molecule has 0 aliphatic carbocycles. The number of hydrogen-bond donors (Lipinski definition) is 0. The Bertz CT molecular complexity index is 566. The Morgan fingerprint density at radius 2 is 0.946 bits per heavy atom. The molecule has 0 aliphatic heterocycles. The molecular weight excluding hydrogens is 491 g/mol. The molecule has 216 valence electrons. The van der Waals surface area contributed by atoms with E-state index in [1.165, 1.54) is 135 Å². The largest absolute Gasteiger partial charge is 1.00 e. The minimum atomic E-state index is -4.61. The van der Waals surface area contributed by atoms with Crippen LogP contribution in [-0.4, -0.2) is 19.6 Å². The maximum Gasteiger partial charge on any atom is 1.00 e. The topological polar surface area (TPSA) is 66.4 Å². The Morgan fingerprint density at radius 1 is 0.595 bits per heavy atom. The number of hydrogen-bond acceptors (Lipinski definition) is 4. The predicted octanol–water partition coefficient (Wildman–Crippen LogP) is 7.43. The molecule has 0 rings (SSSR count). The minimum Gasteiger partial charge on any atom is -0.726 e. The Morgan fingerprint density at radius 3 is 1.32 bits per heavy atom. The van der Waals surface area contributed by atoms with Gasteiger partial charge in [-0.3, -0.25) is 4.18 Å². The molecule has 0 bridgehead atoms. The van der Waals surface area contributed by atoms with E-state index < -0.39 is 10.4 Å². The summed E-state index contributed by atoms with van der Waals surface area (Å²) in [7, 11) is -4.61. The van der Waals surface area contributed by atoms with Crippen LogP contribution in [0.25, 0.3) is 0 Å². The zero-order valence-electron chi connectivity index (χ0n) is 25.2. The first-order valence-electron chi connectivity index (χ1n) is 15.8. The Hall–Kier alpha value is 0.610. The van der Waals surface area contributed by atoms with E-state index in [2.05, 4.69) is 30.2 Å². The van der Waals surface area contributed by atoms with Gasteiger partial charge in [0, 0.05) is 5.92 Å². The van der Waals surface area contributed by atoms with E-state index in [0.29, 0.717) is 0 Å². The van der Waals surface area contributed by atoms with Crippen molar-refractivity contribution in [3.8, 4) is 0 Å². The molecule has 1 unspecified atom stereocenters. The average Bonchev–Trinajstić information content (AvgIpc) is 2.84. The van der Waals surface area contributed by atoms with E-state index in [1.807, 2.05) is 0 Å². The van der Waals surface area contributed by atoms with Crippen molar-refractivity contribution in [1.82, 2.24) is 0 Å². The first kappa shape index (κ1) is 39.8. The van der Waals surface area contributed by atoms with Gasteiger partial charge < -0.3 is 4.55 Å². The third-order valence-electron chi connectivity index (χ3n) is 7.24. The van der Waals surface area contributed by atoms with Crippen molar-refractivity contribution in [3.63, 3.8) is 0 Å². The van der Waals surface area contributed by atoms with Crippen molar-refractivity contribution in [1.29, 1.82) is 0 Å². The van der Waals surface area contributed by atoms with Gasteiger partial charge in [-0.1, -0.05) is 167 Å². The maximum absolute atomic E-state index is 10.9. The minimum absolute atomic E-state index is 0. The zero-order chi connectivity index (χ0) is 26.6. The van der Waals surface area contributed by atoms with Crippen molar-refractivity contribution in [2.45, 2.75) is 174 Å². The molecule has 0 fully saturated rings. The van der Waals surface area contributed by atoms with Crippen LogP contribution in [0, 0.1) is 5.92 Å². The van der Waals surface area contributed by atoms with Crippen molar-refractivity contribution in [2.75, 3.05) is 6.61 Å². The van der Waals surface area contributed by atoms with Gasteiger partial charge >= 0.3 is 29.6 Å². The monoisotopic (exact) mass is 552 g/mol. The molecule has 0 aromatic heterocycles. The van der Waals surface area contributed by atoms with E-state index in [9.17, 15) is 13.0 Å². The Balaban J connectivity index is 0. The molecule has 37 heavy (non-hydrogen) atoms. The molecule has 4 nitrogen and oxygen atoms in total. The summed E-state index contributed by atoms with van der Waals surface area (Å²) >= 11 is 0. The molecule has 0 aromatic carbocycles. The van der Waals surface area contributed by atoms with Gasteiger partial charge in [-0.15, -0.1) is 0 Å². The van der Waals surface area contributed by atoms with E-state index in [-0.39, 0.29) is 42.1 Å². The van der Waals surface area contributed by atoms with Crippen LogP contribution in [0.3, 0.4) is 0 Å². The van der Waals surface area contributed by atoms with Crippen LogP contribution in [0.15, 0.2) is 12.2 Å². The quantitative estimate of drug-likeness (QED) is 0.0318. The summed E-state index contributed by atoms with van der Waals surface area (Å²) in [5, 5.41) is 0. The van der Waals surface area contributed by atoms with Crippen LogP contribution >= 0.6 is 0 Å². The van der Waals surface area contributed by atoms with E-state index >= 15 is 0 Å². The third-order valence-corrected chi connectivity index (χ3v) is 7.66.